The Balaban J connectivity index is 1.20. The molecule has 5 rings (SSSR count). The zero-order valence-corrected chi connectivity index (χ0v) is 18.7. The van der Waals surface area contributed by atoms with Gasteiger partial charge in [-0.25, -0.2) is 9.37 Å². The number of rotatable bonds is 5. The van der Waals surface area contributed by atoms with Crippen LogP contribution in [0, 0.1) is 5.82 Å². The van der Waals surface area contributed by atoms with Crippen LogP contribution < -0.4 is 0 Å². The number of carbonyl (C=O) groups excluding carboxylic acids is 1. The van der Waals surface area contributed by atoms with E-state index in [1.165, 1.54) is 37.8 Å². The fourth-order valence-corrected chi connectivity index (χ4v) is 5.38. The van der Waals surface area contributed by atoms with Gasteiger partial charge in [0.2, 0.25) is 0 Å². The van der Waals surface area contributed by atoms with Gasteiger partial charge in [0.05, 0.1) is 17.4 Å². The van der Waals surface area contributed by atoms with Crippen molar-refractivity contribution in [2.75, 3.05) is 20.1 Å². The standard InChI is InChI=1S/C26H31FN4O/c1-29(22-12-14-30(15-13-22)23-4-2-3-5-23)26(32)20-8-6-19(7-9-20)17-31-18-28-24-11-10-21(27)16-25(24)31/h6-11,16,18,22-23H,2-5,12-15,17H2,1H3. The summed E-state index contributed by atoms with van der Waals surface area (Å²) < 4.78 is 15.5. The fraction of sp³-hybridized carbons (Fsp3) is 0.462. The monoisotopic (exact) mass is 434 g/mol. The SMILES string of the molecule is CN(C(=O)c1ccc(Cn2cnc3ccc(F)cc32)cc1)C1CCN(C2CCCC2)CC1. The van der Waals surface area contributed by atoms with Gasteiger partial charge in [0.15, 0.2) is 0 Å². The van der Waals surface area contributed by atoms with Crippen LogP contribution in [-0.4, -0.2) is 57.5 Å². The summed E-state index contributed by atoms with van der Waals surface area (Å²) in [6.07, 6.45) is 9.27. The molecule has 0 atom stereocenters. The van der Waals surface area contributed by atoms with E-state index >= 15 is 0 Å². The highest BCUT2D eigenvalue weighted by atomic mass is 19.1. The molecule has 2 aliphatic rings. The molecule has 0 bridgehead atoms. The number of carbonyl (C=O) groups is 1. The Morgan fingerprint density at radius 2 is 1.78 bits per heavy atom. The minimum absolute atomic E-state index is 0.0889. The first-order valence-corrected chi connectivity index (χ1v) is 11.8. The highest BCUT2D eigenvalue weighted by molar-refractivity contribution is 5.94. The number of imidazole rings is 1. The van der Waals surface area contributed by atoms with Crippen LogP contribution in [0.4, 0.5) is 4.39 Å². The molecule has 1 aliphatic heterocycles. The Morgan fingerprint density at radius 1 is 1.06 bits per heavy atom. The van der Waals surface area contributed by atoms with Gasteiger partial charge < -0.3 is 14.4 Å². The number of likely N-dealkylation sites (tertiary alicyclic amines) is 1. The molecule has 2 heterocycles. The van der Waals surface area contributed by atoms with Gasteiger partial charge in [0.25, 0.3) is 5.91 Å². The Kier molecular flexibility index (Phi) is 5.96. The molecule has 0 unspecified atom stereocenters. The van der Waals surface area contributed by atoms with E-state index in [1.54, 1.807) is 12.4 Å². The molecule has 1 aromatic heterocycles. The third-order valence-corrected chi connectivity index (χ3v) is 7.35. The molecular weight excluding hydrogens is 403 g/mol. The van der Waals surface area contributed by atoms with Gasteiger partial charge in [-0.15, -0.1) is 0 Å². The molecular formula is C26H31FN4O. The lowest BCUT2D eigenvalue weighted by Crippen LogP contribution is -2.48. The van der Waals surface area contributed by atoms with Crippen molar-refractivity contribution in [3.05, 3.63) is 65.7 Å². The molecule has 168 valence electrons. The van der Waals surface area contributed by atoms with Gasteiger partial charge in [-0.1, -0.05) is 25.0 Å². The molecule has 1 saturated heterocycles. The predicted molar refractivity (Wildman–Crippen MR) is 124 cm³/mol. The lowest BCUT2D eigenvalue weighted by atomic mass is 10.00. The molecule has 5 nitrogen and oxygen atoms in total. The molecule has 2 fully saturated rings. The molecule has 2 aromatic carbocycles. The van der Waals surface area contributed by atoms with E-state index in [0.717, 1.165) is 54.1 Å². The number of aromatic nitrogens is 2. The smallest absolute Gasteiger partial charge is 0.253 e. The summed E-state index contributed by atoms with van der Waals surface area (Å²) >= 11 is 0. The molecule has 0 spiro atoms. The molecule has 3 aromatic rings. The maximum absolute atomic E-state index is 13.6. The zero-order chi connectivity index (χ0) is 22.1. The van der Waals surface area contributed by atoms with Crippen molar-refractivity contribution in [3.63, 3.8) is 0 Å². The highest BCUT2D eigenvalue weighted by Crippen LogP contribution is 2.27. The summed E-state index contributed by atoms with van der Waals surface area (Å²) in [5.41, 5.74) is 3.32. The van der Waals surface area contributed by atoms with Crippen LogP contribution >= 0.6 is 0 Å². The summed E-state index contributed by atoms with van der Waals surface area (Å²) in [6, 6.07) is 13.5. The third-order valence-electron chi connectivity index (χ3n) is 7.35. The fourth-order valence-electron chi connectivity index (χ4n) is 5.38. The Morgan fingerprint density at radius 3 is 2.50 bits per heavy atom. The molecule has 1 aliphatic carbocycles. The average molecular weight is 435 g/mol. The van der Waals surface area contributed by atoms with E-state index in [0.29, 0.717) is 12.6 Å². The van der Waals surface area contributed by atoms with Crippen molar-refractivity contribution in [1.82, 2.24) is 19.4 Å². The van der Waals surface area contributed by atoms with Crippen molar-refractivity contribution in [1.29, 1.82) is 0 Å². The van der Waals surface area contributed by atoms with E-state index < -0.39 is 0 Å². The maximum Gasteiger partial charge on any atom is 0.253 e. The van der Waals surface area contributed by atoms with Gasteiger partial charge in [-0.2, -0.15) is 0 Å². The molecule has 1 saturated carbocycles. The van der Waals surface area contributed by atoms with Crippen LogP contribution in [0.25, 0.3) is 11.0 Å². The van der Waals surface area contributed by atoms with Gasteiger partial charge >= 0.3 is 0 Å². The number of hydrogen-bond donors (Lipinski definition) is 0. The summed E-state index contributed by atoms with van der Waals surface area (Å²) in [5.74, 6) is -0.177. The number of halogens is 1. The lowest BCUT2D eigenvalue weighted by Gasteiger charge is -2.39. The highest BCUT2D eigenvalue weighted by Gasteiger charge is 2.30. The maximum atomic E-state index is 13.6. The molecule has 0 radical (unpaired) electrons. The average Bonchev–Trinajstić information content (AvgIpc) is 3.49. The van der Waals surface area contributed by atoms with E-state index in [-0.39, 0.29) is 11.7 Å². The molecule has 0 N–H and O–H groups in total. The van der Waals surface area contributed by atoms with Crippen molar-refractivity contribution >= 4 is 16.9 Å². The minimum Gasteiger partial charge on any atom is -0.339 e. The molecule has 6 heteroatoms. The van der Waals surface area contributed by atoms with Gasteiger partial charge in [-0.05, 0) is 61.6 Å². The van der Waals surface area contributed by atoms with E-state index in [4.69, 9.17) is 0 Å². The number of piperidine rings is 1. The van der Waals surface area contributed by atoms with Gasteiger partial charge in [0.1, 0.15) is 5.82 Å². The third kappa shape index (κ3) is 4.29. The molecule has 1 amide bonds. The summed E-state index contributed by atoms with van der Waals surface area (Å²) in [5, 5.41) is 0. The normalized spacial score (nSPS) is 18.4. The van der Waals surface area contributed by atoms with Crippen molar-refractivity contribution in [3.8, 4) is 0 Å². The van der Waals surface area contributed by atoms with Crippen LogP contribution in [0.3, 0.4) is 0 Å². The van der Waals surface area contributed by atoms with E-state index in [2.05, 4.69) is 9.88 Å². The quantitative estimate of drug-likeness (QED) is 0.584. The number of benzene rings is 2. The summed E-state index contributed by atoms with van der Waals surface area (Å²) in [7, 11) is 1.94. The number of amides is 1. The second kappa shape index (κ2) is 9.02. The van der Waals surface area contributed by atoms with Crippen molar-refractivity contribution in [2.45, 2.75) is 57.2 Å². The van der Waals surface area contributed by atoms with Crippen LogP contribution in [0.1, 0.15) is 54.4 Å². The summed E-state index contributed by atoms with van der Waals surface area (Å²) in [6.45, 7) is 2.79. The first-order valence-electron chi connectivity index (χ1n) is 11.8. The second-order valence-electron chi connectivity index (χ2n) is 9.32. The first-order chi connectivity index (χ1) is 15.6. The van der Waals surface area contributed by atoms with Crippen LogP contribution in [0.5, 0.6) is 0 Å². The minimum atomic E-state index is -0.266. The lowest BCUT2D eigenvalue weighted by molar-refractivity contribution is 0.0598. The van der Waals surface area contributed by atoms with E-state index in [1.807, 2.05) is 40.8 Å². The predicted octanol–water partition coefficient (Wildman–Crippen LogP) is 4.70. The largest absolute Gasteiger partial charge is 0.339 e. The Labute approximate surface area is 188 Å². The number of hydrogen-bond acceptors (Lipinski definition) is 3. The van der Waals surface area contributed by atoms with Crippen LogP contribution in [-0.2, 0) is 6.54 Å². The Bertz CT molecular complexity index is 1080. The first kappa shape index (κ1) is 21.1. The van der Waals surface area contributed by atoms with Crippen molar-refractivity contribution in [2.24, 2.45) is 0 Å². The van der Waals surface area contributed by atoms with E-state index in [9.17, 15) is 9.18 Å². The van der Waals surface area contributed by atoms with Crippen LogP contribution in [0.15, 0.2) is 48.8 Å². The van der Waals surface area contributed by atoms with Crippen molar-refractivity contribution < 1.29 is 9.18 Å². The Hall–Kier alpha value is -2.73. The number of nitrogens with zero attached hydrogens (tertiary/aromatic N) is 4. The van der Waals surface area contributed by atoms with Gasteiger partial charge in [0, 0.05) is 44.3 Å². The number of fused-ring (bicyclic) bond motifs is 1. The summed E-state index contributed by atoms with van der Waals surface area (Å²) in [4.78, 5) is 22.0. The topological polar surface area (TPSA) is 41.4 Å². The van der Waals surface area contributed by atoms with Crippen LogP contribution in [0.2, 0.25) is 0 Å². The second-order valence-corrected chi connectivity index (χ2v) is 9.32. The zero-order valence-electron chi connectivity index (χ0n) is 18.7. The van der Waals surface area contributed by atoms with Gasteiger partial charge in [-0.3, -0.25) is 4.79 Å². The molecule has 32 heavy (non-hydrogen) atoms.